The van der Waals surface area contributed by atoms with Crippen molar-refractivity contribution in [1.29, 1.82) is 0 Å². The number of furan rings is 1. The monoisotopic (exact) mass is 378 g/mol. The molecule has 1 aromatic carbocycles. The summed E-state index contributed by atoms with van der Waals surface area (Å²) in [5.74, 6) is 0.873. The van der Waals surface area contributed by atoms with Gasteiger partial charge in [-0.25, -0.2) is 0 Å². The van der Waals surface area contributed by atoms with E-state index < -0.39 is 5.91 Å². The lowest BCUT2D eigenvalue weighted by molar-refractivity contribution is -0.122. The van der Waals surface area contributed by atoms with E-state index in [4.69, 9.17) is 4.42 Å². The molecule has 1 aliphatic heterocycles. The molecule has 1 aromatic heterocycles. The van der Waals surface area contributed by atoms with Gasteiger partial charge in [0.25, 0.3) is 0 Å². The van der Waals surface area contributed by atoms with E-state index in [0.717, 1.165) is 35.5 Å². The van der Waals surface area contributed by atoms with E-state index >= 15 is 0 Å². The van der Waals surface area contributed by atoms with Gasteiger partial charge in [0.2, 0.25) is 5.91 Å². The molecule has 25 heavy (non-hydrogen) atoms. The van der Waals surface area contributed by atoms with E-state index in [0.29, 0.717) is 12.0 Å². The van der Waals surface area contributed by atoms with Gasteiger partial charge in [-0.1, -0.05) is 46.2 Å². The Bertz CT molecular complexity index is 754. The van der Waals surface area contributed by atoms with Gasteiger partial charge in [-0.3, -0.25) is 20.4 Å². The van der Waals surface area contributed by atoms with Crippen LogP contribution in [0.2, 0.25) is 0 Å². The number of aryl methyl sites for hydroxylation is 1. The first kappa shape index (κ1) is 18.2. The van der Waals surface area contributed by atoms with Crippen LogP contribution in [0.25, 0.3) is 11.0 Å². The highest BCUT2D eigenvalue weighted by atomic mass is 33.1. The molecule has 2 amide bonds. The predicted molar refractivity (Wildman–Crippen MR) is 103 cm³/mol. The smallest absolute Gasteiger partial charge is 0.305 e. The number of fused-ring (bicyclic) bond motifs is 1. The number of carbonyl (C=O) groups is 2. The fraction of sp³-hybridized carbons (Fsp3) is 0.444. The van der Waals surface area contributed by atoms with Gasteiger partial charge in [0.15, 0.2) is 5.76 Å². The second kappa shape index (κ2) is 8.67. The Morgan fingerprint density at radius 1 is 1.24 bits per heavy atom. The average molecular weight is 379 g/mol. The lowest BCUT2D eigenvalue weighted by Gasteiger charge is -2.08. The van der Waals surface area contributed by atoms with Crippen molar-refractivity contribution in [2.75, 3.05) is 5.75 Å². The highest BCUT2D eigenvalue weighted by molar-refractivity contribution is 8.77. The van der Waals surface area contributed by atoms with E-state index in [9.17, 15) is 9.59 Å². The summed E-state index contributed by atoms with van der Waals surface area (Å²) in [4.78, 5) is 24.1. The number of carbonyl (C=O) groups excluding carboxylic acids is 2. The summed E-state index contributed by atoms with van der Waals surface area (Å²) in [6.07, 6.45) is 4.74. The predicted octanol–water partition coefficient (Wildman–Crippen LogP) is 4.22. The number of hydrazine groups is 1. The van der Waals surface area contributed by atoms with Crippen molar-refractivity contribution >= 4 is 44.4 Å². The van der Waals surface area contributed by atoms with Gasteiger partial charge in [0.05, 0.1) is 0 Å². The van der Waals surface area contributed by atoms with Crippen molar-refractivity contribution in [2.45, 2.75) is 44.3 Å². The second-order valence-electron chi connectivity index (χ2n) is 6.13. The Labute approximate surface area is 155 Å². The summed E-state index contributed by atoms with van der Waals surface area (Å²) in [6.45, 7) is 1.84. The number of para-hydroxylation sites is 1. The summed E-state index contributed by atoms with van der Waals surface area (Å²) >= 11 is 0. The van der Waals surface area contributed by atoms with Crippen molar-refractivity contribution in [3.63, 3.8) is 0 Å². The fourth-order valence-electron chi connectivity index (χ4n) is 2.86. The summed E-state index contributed by atoms with van der Waals surface area (Å²) < 4.78 is 5.58. The topological polar surface area (TPSA) is 71.3 Å². The third kappa shape index (κ3) is 4.73. The number of amides is 2. The zero-order valence-corrected chi connectivity index (χ0v) is 15.8. The van der Waals surface area contributed by atoms with E-state index in [-0.39, 0.29) is 11.7 Å². The third-order valence-electron chi connectivity index (χ3n) is 4.27. The molecule has 0 aliphatic carbocycles. The Hall–Kier alpha value is -1.60. The fourth-order valence-corrected chi connectivity index (χ4v) is 5.89. The number of hydrogen-bond acceptors (Lipinski definition) is 5. The Balaban J connectivity index is 1.41. The molecule has 3 rings (SSSR count). The molecular formula is C18H22N2O3S2. The number of benzene rings is 1. The lowest BCUT2D eigenvalue weighted by atomic mass is 10.1. The van der Waals surface area contributed by atoms with Crippen LogP contribution in [-0.2, 0) is 4.79 Å². The van der Waals surface area contributed by atoms with Crippen molar-refractivity contribution in [1.82, 2.24) is 10.9 Å². The number of hydrogen-bond donors (Lipinski definition) is 2. The molecule has 5 nitrogen and oxygen atoms in total. The van der Waals surface area contributed by atoms with Gasteiger partial charge < -0.3 is 4.42 Å². The van der Waals surface area contributed by atoms with Crippen molar-refractivity contribution in [3.8, 4) is 0 Å². The van der Waals surface area contributed by atoms with Crippen LogP contribution < -0.4 is 10.9 Å². The molecular weight excluding hydrogens is 356 g/mol. The zero-order valence-electron chi connectivity index (χ0n) is 14.2. The average Bonchev–Trinajstić information content (AvgIpc) is 3.25. The van der Waals surface area contributed by atoms with Crippen molar-refractivity contribution in [3.05, 3.63) is 35.6 Å². The van der Waals surface area contributed by atoms with Crippen LogP contribution in [-0.4, -0.2) is 22.8 Å². The molecule has 0 radical (unpaired) electrons. The summed E-state index contributed by atoms with van der Waals surface area (Å²) in [5.41, 5.74) is 6.35. The Kier molecular flexibility index (Phi) is 6.31. The standard InChI is InChI=1S/C18H22N2O3S2/c1-12-14-7-3-4-8-15(14)23-17(12)18(22)20-19-16(21)9-5-2-6-13-10-11-24-25-13/h3-4,7-8,13H,2,5-6,9-11H2,1H3,(H,19,21)(H,20,22). The Morgan fingerprint density at radius 2 is 2.08 bits per heavy atom. The van der Waals surface area contributed by atoms with Crippen LogP contribution in [0.4, 0.5) is 0 Å². The summed E-state index contributed by atoms with van der Waals surface area (Å²) in [6, 6.07) is 7.48. The van der Waals surface area contributed by atoms with Gasteiger partial charge in [-0.15, -0.1) is 0 Å². The molecule has 0 saturated carbocycles. The largest absolute Gasteiger partial charge is 0.451 e. The maximum absolute atomic E-state index is 12.2. The van der Waals surface area contributed by atoms with Gasteiger partial charge >= 0.3 is 5.91 Å². The van der Waals surface area contributed by atoms with E-state index in [2.05, 4.69) is 10.9 Å². The Morgan fingerprint density at radius 3 is 2.84 bits per heavy atom. The minimum absolute atomic E-state index is 0.171. The zero-order chi connectivity index (χ0) is 17.6. The van der Waals surface area contributed by atoms with Gasteiger partial charge in [-0.05, 0) is 32.3 Å². The highest BCUT2D eigenvalue weighted by Crippen LogP contribution is 2.39. The number of unbranched alkanes of at least 4 members (excludes halogenated alkanes) is 1. The molecule has 7 heteroatoms. The maximum Gasteiger partial charge on any atom is 0.305 e. The summed E-state index contributed by atoms with van der Waals surface area (Å²) in [7, 11) is 3.90. The van der Waals surface area contributed by atoms with E-state index in [1.54, 1.807) is 0 Å². The third-order valence-corrected chi connectivity index (χ3v) is 7.28. The van der Waals surface area contributed by atoms with Gasteiger partial charge in [-0.2, -0.15) is 0 Å². The molecule has 0 bridgehead atoms. The first-order valence-corrected chi connectivity index (χ1v) is 10.9. The maximum atomic E-state index is 12.2. The molecule has 2 heterocycles. The minimum Gasteiger partial charge on any atom is -0.451 e. The van der Waals surface area contributed by atoms with Crippen LogP contribution in [0.5, 0.6) is 0 Å². The molecule has 2 N–H and O–H groups in total. The normalized spacial score (nSPS) is 16.9. The minimum atomic E-state index is -0.429. The summed E-state index contributed by atoms with van der Waals surface area (Å²) in [5, 5.41) is 1.64. The number of nitrogens with one attached hydrogen (secondary N) is 2. The van der Waals surface area contributed by atoms with Gasteiger partial charge in [0.1, 0.15) is 5.58 Å². The van der Waals surface area contributed by atoms with Crippen molar-refractivity contribution in [2.24, 2.45) is 0 Å². The molecule has 1 fully saturated rings. The molecule has 2 aromatic rings. The molecule has 1 aliphatic rings. The van der Waals surface area contributed by atoms with Crippen LogP contribution in [0, 0.1) is 6.92 Å². The molecule has 1 saturated heterocycles. The first-order valence-electron chi connectivity index (χ1n) is 8.50. The van der Waals surface area contributed by atoms with Crippen LogP contribution in [0.15, 0.2) is 28.7 Å². The molecule has 134 valence electrons. The van der Waals surface area contributed by atoms with Crippen LogP contribution in [0.3, 0.4) is 0 Å². The van der Waals surface area contributed by atoms with E-state index in [1.807, 2.05) is 52.8 Å². The van der Waals surface area contributed by atoms with Crippen molar-refractivity contribution < 1.29 is 14.0 Å². The lowest BCUT2D eigenvalue weighted by Crippen LogP contribution is -2.41. The van der Waals surface area contributed by atoms with Crippen LogP contribution >= 0.6 is 21.6 Å². The highest BCUT2D eigenvalue weighted by Gasteiger charge is 2.18. The molecule has 0 spiro atoms. The quantitative estimate of drug-likeness (QED) is 0.447. The molecule has 1 unspecified atom stereocenters. The van der Waals surface area contributed by atoms with Crippen LogP contribution in [0.1, 0.15) is 48.2 Å². The first-order chi connectivity index (χ1) is 12.1. The van der Waals surface area contributed by atoms with E-state index in [1.165, 1.54) is 12.2 Å². The van der Waals surface area contributed by atoms with Gasteiger partial charge in [0, 0.05) is 28.4 Å². The molecule has 1 atom stereocenters. The SMILES string of the molecule is Cc1c(C(=O)NNC(=O)CCCCC2CCSS2)oc2ccccc12. The number of rotatable bonds is 6. The second-order valence-corrected chi connectivity index (χ2v) is 8.92.